The van der Waals surface area contributed by atoms with Gasteiger partial charge >= 0.3 is 6.03 Å². The first-order chi connectivity index (χ1) is 15.0. The first-order valence-electron chi connectivity index (χ1n) is 10.2. The zero-order chi connectivity index (χ0) is 21.8. The van der Waals surface area contributed by atoms with Gasteiger partial charge in [-0.1, -0.05) is 18.2 Å². The maximum absolute atomic E-state index is 13.3. The van der Waals surface area contributed by atoms with Crippen LogP contribution >= 0.6 is 0 Å². The number of fused-ring (bicyclic) bond motifs is 3. The van der Waals surface area contributed by atoms with Crippen molar-refractivity contribution in [2.45, 2.75) is 24.8 Å². The predicted octanol–water partition coefficient (Wildman–Crippen LogP) is 2.07. The number of carbonyl (C=O) groups is 4. The Labute approximate surface area is 178 Å². The number of hydrogen-bond acceptors (Lipinski definition) is 5. The number of carbonyl (C=O) groups excluding carboxylic acids is 4. The third-order valence-electron chi connectivity index (χ3n) is 6.36. The summed E-state index contributed by atoms with van der Waals surface area (Å²) in [5, 5.41) is 2.88. The molecule has 0 unspecified atom stereocenters. The Morgan fingerprint density at radius 3 is 2.32 bits per heavy atom. The van der Waals surface area contributed by atoms with Gasteiger partial charge in [-0.2, -0.15) is 0 Å². The summed E-state index contributed by atoms with van der Waals surface area (Å²) >= 11 is 0. The minimum atomic E-state index is -1.07. The van der Waals surface area contributed by atoms with Crippen LogP contribution in [-0.4, -0.2) is 53.8 Å². The number of amides is 5. The molecule has 1 N–H and O–H groups in total. The minimum absolute atomic E-state index is 0.124. The van der Waals surface area contributed by atoms with Gasteiger partial charge < -0.3 is 10.1 Å². The Morgan fingerprint density at radius 1 is 0.968 bits per heavy atom. The standard InChI is InChI=1S/C23H21N3O5/c1-31-15-8-7-14-9-10-23(18(14)13-15)21(29)26(22(30)24-23)12-4-11-25-19(27)16-5-2-3-6-17(16)20(25)28/h2-3,5-8,13H,4,9-12H2,1H3,(H,24,30)/t23-/m1/s1. The molecular weight excluding hydrogens is 398 g/mol. The van der Waals surface area contributed by atoms with Crippen LogP contribution in [0.2, 0.25) is 0 Å². The smallest absolute Gasteiger partial charge is 0.325 e. The normalized spacial score (nSPS) is 21.7. The molecule has 1 fully saturated rings. The number of imide groups is 2. The van der Waals surface area contributed by atoms with Crippen LogP contribution in [0.3, 0.4) is 0 Å². The molecule has 2 aromatic rings. The van der Waals surface area contributed by atoms with Gasteiger partial charge in [0, 0.05) is 13.1 Å². The molecule has 8 heteroatoms. The lowest BCUT2D eigenvalue weighted by molar-refractivity contribution is -0.131. The third kappa shape index (κ3) is 2.74. The first kappa shape index (κ1) is 19.3. The number of rotatable bonds is 5. The van der Waals surface area contributed by atoms with Gasteiger partial charge in [0.1, 0.15) is 11.3 Å². The summed E-state index contributed by atoms with van der Waals surface area (Å²) in [6, 6.07) is 11.8. The molecule has 0 aromatic heterocycles. The van der Waals surface area contributed by atoms with E-state index in [4.69, 9.17) is 4.74 Å². The van der Waals surface area contributed by atoms with Gasteiger partial charge in [-0.25, -0.2) is 4.79 Å². The van der Waals surface area contributed by atoms with Crippen LogP contribution in [0.1, 0.15) is 44.7 Å². The van der Waals surface area contributed by atoms with Crippen molar-refractivity contribution in [2.24, 2.45) is 0 Å². The zero-order valence-corrected chi connectivity index (χ0v) is 17.0. The van der Waals surface area contributed by atoms with Crippen molar-refractivity contribution >= 4 is 23.8 Å². The summed E-state index contributed by atoms with van der Waals surface area (Å²) in [5.74, 6) is -0.352. The van der Waals surface area contributed by atoms with Crippen molar-refractivity contribution < 1.29 is 23.9 Å². The van der Waals surface area contributed by atoms with Gasteiger partial charge in [-0.3, -0.25) is 24.2 Å². The highest BCUT2D eigenvalue weighted by Crippen LogP contribution is 2.42. The maximum atomic E-state index is 13.3. The van der Waals surface area contributed by atoms with E-state index < -0.39 is 11.6 Å². The van der Waals surface area contributed by atoms with Crippen molar-refractivity contribution in [3.8, 4) is 5.75 Å². The SMILES string of the molecule is COc1ccc2c(c1)[C@@]1(CC2)NC(=O)N(CCCN2C(=O)c3ccccc3C2=O)C1=O. The highest BCUT2D eigenvalue weighted by molar-refractivity contribution is 6.21. The molecule has 2 heterocycles. The van der Waals surface area contributed by atoms with Gasteiger partial charge in [-0.15, -0.1) is 0 Å². The third-order valence-corrected chi connectivity index (χ3v) is 6.36. The Hall–Kier alpha value is -3.68. The number of methoxy groups -OCH3 is 1. The Bertz CT molecular complexity index is 1110. The van der Waals surface area contributed by atoms with Gasteiger partial charge in [0.15, 0.2) is 0 Å². The molecule has 5 rings (SSSR count). The van der Waals surface area contributed by atoms with E-state index in [0.29, 0.717) is 36.1 Å². The number of ether oxygens (including phenoxy) is 1. The average molecular weight is 419 g/mol. The van der Waals surface area contributed by atoms with Crippen LogP contribution in [-0.2, 0) is 16.8 Å². The number of aryl methyl sites for hydroxylation is 1. The minimum Gasteiger partial charge on any atom is -0.497 e. The Morgan fingerprint density at radius 2 is 1.65 bits per heavy atom. The van der Waals surface area contributed by atoms with Crippen LogP contribution in [0.4, 0.5) is 4.79 Å². The summed E-state index contributed by atoms with van der Waals surface area (Å²) in [7, 11) is 1.56. The van der Waals surface area contributed by atoms with Crippen LogP contribution in [0.15, 0.2) is 42.5 Å². The van der Waals surface area contributed by atoms with Crippen LogP contribution < -0.4 is 10.1 Å². The van der Waals surface area contributed by atoms with Crippen molar-refractivity contribution in [3.05, 3.63) is 64.7 Å². The molecule has 31 heavy (non-hydrogen) atoms. The number of urea groups is 1. The molecule has 1 atom stereocenters. The summed E-state index contributed by atoms with van der Waals surface area (Å²) in [6.45, 7) is 0.264. The van der Waals surface area contributed by atoms with Gasteiger partial charge in [0.25, 0.3) is 17.7 Å². The number of hydrogen-bond donors (Lipinski definition) is 1. The average Bonchev–Trinajstić information content (AvgIpc) is 3.35. The molecule has 1 spiro atoms. The van der Waals surface area contributed by atoms with Gasteiger partial charge in [-0.05, 0) is 54.7 Å². The lowest BCUT2D eigenvalue weighted by atomic mass is 9.91. The summed E-state index contributed by atoms with van der Waals surface area (Å²) in [6.07, 6.45) is 1.49. The predicted molar refractivity (Wildman–Crippen MR) is 110 cm³/mol. The number of nitrogens with zero attached hydrogens (tertiary/aromatic N) is 2. The zero-order valence-electron chi connectivity index (χ0n) is 17.0. The number of benzene rings is 2. The fourth-order valence-electron chi connectivity index (χ4n) is 4.76. The maximum Gasteiger partial charge on any atom is 0.325 e. The van der Waals surface area contributed by atoms with E-state index in [2.05, 4.69) is 5.32 Å². The molecule has 0 bridgehead atoms. The van der Waals surface area contributed by atoms with Crippen molar-refractivity contribution in [1.29, 1.82) is 0 Å². The fourth-order valence-corrected chi connectivity index (χ4v) is 4.76. The van der Waals surface area contributed by atoms with E-state index in [1.54, 1.807) is 31.4 Å². The van der Waals surface area contributed by atoms with Crippen LogP contribution in [0.25, 0.3) is 0 Å². The lowest BCUT2D eigenvalue weighted by Gasteiger charge is -2.23. The van der Waals surface area contributed by atoms with E-state index in [0.717, 1.165) is 11.1 Å². The largest absolute Gasteiger partial charge is 0.497 e. The van der Waals surface area contributed by atoms with Crippen molar-refractivity contribution in [2.75, 3.05) is 20.2 Å². The molecule has 1 aliphatic carbocycles. The monoisotopic (exact) mass is 419 g/mol. The number of nitrogens with one attached hydrogen (secondary N) is 1. The molecule has 5 amide bonds. The van der Waals surface area contributed by atoms with Gasteiger partial charge in [0.2, 0.25) is 0 Å². The second kappa shape index (κ2) is 6.94. The van der Waals surface area contributed by atoms with Gasteiger partial charge in [0.05, 0.1) is 18.2 Å². The van der Waals surface area contributed by atoms with E-state index in [1.165, 1.54) is 9.80 Å². The topological polar surface area (TPSA) is 96.0 Å². The van der Waals surface area contributed by atoms with E-state index in [-0.39, 0.29) is 30.8 Å². The molecule has 2 aromatic carbocycles. The second-order valence-corrected chi connectivity index (χ2v) is 7.98. The van der Waals surface area contributed by atoms with Crippen molar-refractivity contribution in [1.82, 2.24) is 15.1 Å². The summed E-state index contributed by atoms with van der Waals surface area (Å²) < 4.78 is 5.29. The summed E-state index contributed by atoms with van der Waals surface area (Å²) in [4.78, 5) is 53.3. The molecule has 2 aliphatic heterocycles. The highest BCUT2D eigenvalue weighted by atomic mass is 16.5. The Balaban J connectivity index is 1.30. The molecule has 8 nitrogen and oxygen atoms in total. The van der Waals surface area contributed by atoms with Crippen LogP contribution in [0.5, 0.6) is 5.75 Å². The molecule has 0 saturated carbocycles. The molecule has 0 radical (unpaired) electrons. The quantitative estimate of drug-likeness (QED) is 0.591. The first-order valence-corrected chi connectivity index (χ1v) is 10.2. The fraction of sp³-hybridized carbons (Fsp3) is 0.304. The highest BCUT2D eigenvalue weighted by Gasteiger charge is 2.55. The van der Waals surface area contributed by atoms with Crippen LogP contribution in [0, 0.1) is 0 Å². The lowest BCUT2D eigenvalue weighted by Crippen LogP contribution is -2.42. The Kier molecular flexibility index (Phi) is 4.32. The second-order valence-electron chi connectivity index (χ2n) is 7.98. The molecule has 3 aliphatic rings. The van der Waals surface area contributed by atoms with E-state index >= 15 is 0 Å². The van der Waals surface area contributed by atoms with E-state index in [1.807, 2.05) is 18.2 Å². The molecular formula is C23H21N3O5. The molecule has 1 saturated heterocycles. The van der Waals surface area contributed by atoms with E-state index in [9.17, 15) is 19.2 Å². The summed E-state index contributed by atoms with van der Waals surface area (Å²) in [5.41, 5.74) is 1.49. The van der Waals surface area contributed by atoms with Crippen molar-refractivity contribution in [3.63, 3.8) is 0 Å². The molecule has 158 valence electrons.